The second kappa shape index (κ2) is 8.66. The average molecular weight is 353 g/mol. The van der Waals surface area contributed by atoms with Gasteiger partial charge in [-0.25, -0.2) is 4.39 Å². The summed E-state index contributed by atoms with van der Waals surface area (Å²) in [4.78, 5) is 10.9. The number of hydrogen-bond acceptors (Lipinski definition) is 3. The molecule has 0 saturated carbocycles. The van der Waals surface area contributed by atoms with Crippen molar-refractivity contribution >= 4 is 17.6 Å². The van der Waals surface area contributed by atoms with Gasteiger partial charge in [0.2, 0.25) is 0 Å². The number of benzene rings is 2. The summed E-state index contributed by atoms with van der Waals surface area (Å²) in [6.45, 7) is 2.45. The first-order valence-corrected chi connectivity index (χ1v) is 7.87. The summed E-state index contributed by atoms with van der Waals surface area (Å²) in [6, 6.07) is 11.5. The lowest BCUT2D eigenvalue weighted by molar-refractivity contribution is -0.140. The fourth-order valence-electron chi connectivity index (χ4n) is 2.21. The molecular formula is C18H18ClFO4. The first-order chi connectivity index (χ1) is 11.5. The molecule has 128 valence electrons. The van der Waals surface area contributed by atoms with Crippen molar-refractivity contribution in [3.8, 4) is 5.75 Å². The maximum Gasteiger partial charge on any atom is 0.306 e. The van der Waals surface area contributed by atoms with Crippen LogP contribution in [-0.4, -0.2) is 17.7 Å². The van der Waals surface area contributed by atoms with Crippen molar-refractivity contribution in [3.05, 3.63) is 64.4 Å². The smallest absolute Gasteiger partial charge is 0.306 e. The van der Waals surface area contributed by atoms with Crippen LogP contribution < -0.4 is 4.74 Å². The van der Waals surface area contributed by atoms with Crippen molar-refractivity contribution in [2.75, 3.05) is 6.61 Å². The zero-order valence-electron chi connectivity index (χ0n) is 13.2. The Kier molecular flexibility index (Phi) is 6.58. The minimum Gasteiger partial charge on any atom is -0.489 e. The number of carbonyl (C=O) groups is 1. The summed E-state index contributed by atoms with van der Waals surface area (Å²) in [5.41, 5.74) is 1.43. The van der Waals surface area contributed by atoms with E-state index in [1.54, 1.807) is 30.3 Å². The lowest BCUT2D eigenvalue weighted by Crippen LogP contribution is -2.10. The van der Waals surface area contributed by atoms with Gasteiger partial charge in [0, 0.05) is 6.61 Å². The van der Waals surface area contributed by atoms with Gasteiger partial charge in [0.05, 0.1) is 17.5 Å². The number of carboxylic acid groups (broad SMARTS) is 1. The number of halogens is 2. The summed E-state index contributed by atoms with van der Waals surface area (Å²) in [5, 5.41) is 9.01. The highest BCUT2D eigenvalue weighted by atomic mass is 35.5. The first kappa shape index (κ1) is 18.2. The van der Waals surface area contributed by atoms with Crippen LogP contribution in [0.1, 0.15) is 30.6 Å². The molecule has 0 aliphatic rings. The van der Waals surface area contributed by atoms with Crippen LogP contribution in [0, 0.1) is 5.82 Å². The molecule has 0 saturated heterocycles. The first-order valence-electron chi connectivity index (χ1n) is 7.49. The van der Waals surface area contributed by atoms with E-state index >= 15 is 0 Å². The molecule has 0 radical (unpaired) electrons. The van der Waals surface area contributed by atoms with E-state index in [1.165, 1.54) is 12.1 Å². The molecule has 6 heteroatoms. The van der Waals surface area contributed by atoms with E-state index in [2.05, 4.69) is 0 Å². The van der Waals surface area contributed by atoms with Crippen molar-refractivity contribution in [2.24, 2.45) is 0 Å². The second-order valence-electron chi connectivity index (χ2n) is 5.15. The van der Waals surface area contributed by atoms with Crippen LogP contribution in [0.15, 0.2) is 42.5 Å². The van der Waals surface area contributed by atoms with Crippen LogP contribution in [0.2, 0.25) is 5.02 Å². The minimum absolute atomic E-state index is 0.0727. The molecule has 0 heterocycles. The van der Waals surface area contributed by atoms with E-state index < -0.39 is 17.9 Å². The number of aliphatic carboxylic acids is 1. The molecule has 0 bridgehead atoms. The van der Waals surface area contributed by atoms with Crippen LogP contribution in [-0.2, 0) is 16.1 Å². The highest BCUT2D eigenvalue weighted by Crippen LogP contribution is 2.24. The maximum absolute atomic E-state index is 13.4. The summed E-state index contributed by atoms with van der Waals surface area (Å²) in [6.07, 6.45) is -0.593. The largest absolute Gasteiger partial charge is 0.489 e. The third-order valence-electron chi connectivity index (χ3n) is 3.37. The van der Waals surface area contributed by atoms with Crippen LogP contribution in [0.5, 0.6) is 5.75 Å². The lowest BCUT2D eigenvalue weighted by atomic mass is 10.1. The Hall–Kier alpha value is -2.11. The zero-order chi connectivity index (χ0) is 17.5. The summed E-state index contributed by atoms with van der Waals surface area (Å²) < 4.78 is 24.4. The van der Waals surface area contributed by atoms with Crippen molar-refractivity contribution < 1.29 is 23.8 Å². The van der Waals surface area contributed by atoms with Gasteiger partial charge in [-0.15, -0.1) is 0 Å². The van der Waals surface area contributed by atoms with Crippen LogP contribution in [0.4, 0.5) is 4.39 Å². The quantitative estimate of drug-likeness (QED) is 0.753. The molecule has 0 aliphatic carbocycles. The normalized spacial score (nSPS) is 12.0. The molecule has 4 nitrogen and oxygen atoms in total. The van der Waals surface area contributed by atoms with Crippen molar-refractivity contribution in [3.63, 3.8) is 0 Å². The molecule has 24 heavy (non-hydrogen) atoms. The summed E-state index contributed by atoms with van der Waals surface area (Å²) >= 11 is 5.64. The Morgan fingerprint density at radius 2 is 1.96 bits per heavy atom. The van der Waals surface area contributed by atoms with Gasteiger partial charge in [-0.1, -0.05) is 29.8 Å². The Balaban J connectivity index is 2.00. The Labute approximate surface area is 144 Å². The number of rotatable bonds is 8. The highest BCUT2D eigenvalue weighted by molar-refractivity contribution is 6.30. The van der Waals surface area contributed by atoms with E-state index in [0.29, 0.717) is 17.9 Å². The van der Waals surface area contributed by atoms with Crippen molar-refractivity contribution in [1.29, 1.82) is 0 Å². The Bertz CT molecular complexity index is 688. The monoisotopic (exact) mass is 352 g/mol. The van der Waals surface area contributed by atoms with Gasteiger partial charge in [-0.3, -0.25) is 4.79 Å². The second-order valence-corrected chi connectivity index (χ2v) is 5.56. The SMILES string of the molecule is CCO[C@@H](CC(=O)O)c1ccc(OCc2ccc(Cl)c(F)c2)cc1. The maximum atomic E-state index is 13.4. The molecule has 0 fully saturated rings. The predicted octanol–water partition coefficient (Wildman–Crippen LogP) is 4.61. The third-order valence-corrected chi connectivity index (χ3v) is 3.68. The van der Waals surface area contributed by atoms with E-state index in [1.807, 2.05) is 6.92 Å². The number of ether oxygens (including phenoxy) is 2. The fraction of sp³-hybridized carbons (Fsp3) is 0.278. The van der Waals surface area contributed by atoms with E-state index in [0.717, 1.165) is 5.56 Å². The predicted molar refractivity (Wildman–Crippen MR) is 88.8 cm³/mol. The van der Waals surface area contributed by atoms with Gasteiger partial charge in [0.25, 0.3) is 0 Å². The van der Waals surface area contributed by atoms with Gasteiger partial charge >= 0.3 is 5.97 Å². The average Bonchev–Trinajstić information content (AvgIpc) is 2.56. The van der Waals surface area contributed by atoms with Crippen molar-refractivity contribution in [2.45, 2.75) is 26.1 Å². The van der Waals surface area contributed by atoms with Crippen molar-refractivity contribution in [1.82, 2.24) is 0 Å². The van der Waals surface area contributed by atoms with E-state index in [9.17, 15) is 9.18 Å². The molecular weight excluding hydrogens is 335 g/mol. The molecule has 2 rings (SSSR count). The van der Waals surface area contributed by atoms with E-state index in [4.69, 9.17) is 26.2 Å². The number of hydrogen-bond donors (Lipinski definition) is 1. The molecule has 0 spiro atoms. The van der Waals surface area contributed by atoms with Gasteiger partial charge in [0.1, 0.15) is 18.2 Å². The molecule has 0 aromatic heterocycles. The van der Waals surface area contributed by atoms with Gasteiger partial charge in [-0.2, -0.15) is 0 Å². The molecule has 1 atom stereocenters. The Morgan fingerprint density at radius 1 is 1.25 bits per heavy atom. The van der Waals surface area contributed by atoms with Crippen LogP contribution in [0.25, 0.3) is 0 Å². The fourth-order valence-corrected chi connectivity index (χ4v) is 2.33. The lowest BCUT2D eigenvalue weighted by Gasteiger charge is -2.16. The van der Waals surface area contributed by atoms with E-state index in [-0.39, 0.29) is 18.1 Å². The van der Waals surface area contributed by atoms with Crippen LogP contribution >= 0.6 is 11.6 Å². The Morgan fingerprint density at radius 3 is 2.54 bits per heavy atom. The van der Waals surface area contributed by atoms with Gasteiger partial charge < -0.3 is 14.6 Å². The minimum atomic E-state index is -0.918. The molecule has 0 amide bonds. The molecule has 2 aromatic carbocycles. The van der Waals surface area contributed by atoms with Crippen LogP contribution in [0.3, 0.4) is 0 Å². The molecule has 0 aliphatic heterocycles. The highest BCUT2D eigenvalue weighted by Gasteiger charge is 2.15. The summed E-state index contributed by atoms with van der Waals surface area (Å²) in [7, 11) is 0. The molecule has 2 aromatic rings. The molecule has 0 unspecified atom stereocenters. The topological polar surface area (TPSA) is 55.8 Å². The standard InChI is InChI=1S/C18H18ClFO4/c1-2-23-17(10-18(21)22)13-4-6-14(7-5-13)24-11-12-3-8-15(19)16(20)9-12/h3-9,17H,2,10-11H2,1H3,(H,21,22)/t17-/m0/s1. The summed E-state index contributed by atoms with van der Waals surface area (Å²) in [5.74, 6) is -0.806. The zero-order valence-corrected chi connectivity index (χ0v) is 13.9. The third kappa shape index (κ3) is 5.22. The van der Waals surface area contributed by atoms with Gasteiger partial charge in [-0.05, 0) is 42.3 Å². The molecule has 1 N–H and O–H groups in total. The number of carboxylic acids is 1. The van der Waals surface area contributed by atoms with Gasteiger partial charge in [0.15, 0.2) is 0 Å².